The molecular weight excluding hydrogens is 311 g/mol. The molecule has 0 spiro atoms. The van der Waals surface area contributed by atoms with Crippen molar-refractivity contribution in [2.75, 3.05) is 0 Å². The fraction of sp³-hybridized carbons (Fsp3) is 0.368. The Morgan fingerprint density at radius 2 is 1.79 bits per heavy atom. The van der Waals surface area contributed by atoms with E-state index in [1.54, 1.807) is 6.07 Å². The van der Waals surface area contributed by atoms with E-state index in [0.717, 1.165) is 16.5 Å². The van der Waals surface area contributed by atoms with Crippen LogP contribution in [-0.2, 0) is 20.7 Å². The molecule has 0 aliphatic carbocycles. The molecule has 0 unspecified atom stereocenters. The van der Waals surface area contributed by atoms with Crippen LogP contribution in [0.2, 0.25) is 0 Å². The van der Waals surface area contributed by atoms with Gasteiger partial charge in [-0.1, -0.05) is 12.1 Å². The SMILES string of the molecule is CC(=O)Oc1c(C)c(CC(C)(C)OC(C)=O)cc2ccc(F)cc12. The first kappa shape index (κ1) is 17.9. The average molecular weight is 332 g/mol. The Kier molecular flexibility index (Phi) is 4.92. The maximum atomic E-state index is 13.6. The maximum absolute atomic E-state index is 13.6. The highest BCUT2D eigenvalue weighted by Crippen LogP contribution is 2.35. The van der Waals surface area contributed by atoms with E-state index in [1.165, 1.54) is 26.0 Å². The zero-order valence-electron chi connectivity index (χ0n) is 14.5. The predicted octanol–water partition coefficient (Wildman–Crippen LogP) is 4.10. The molecule has 0 atom stereocenters. The van der Waals surface area contributed by atoms with E-state index in [0.29, 0.717) is 17.6 Å². The fourth-order valence-electron chi connectivity index (χ4n) is 2.84. The van der Waals surface area contributed by atoms with Crippen LogP contribution in [0.3, 0.4) is 0 Å². The number of ether oxygens (including phenoxy) is 2. The number of rotatable bonds is 4. The molecule has 0 aliphatic heterocycles. The molecule has 2 aromatic rings. The quantitative estimate of drug-likeness (QED) is 0.625. The third-order valence-corrected chi connectivity index (χ3v) is 3.69. The van der Waals surface area contributed by atoms with Crippen LogP contribution in [0.15, 0.2) is 24.3 Å². The highest BCUT2D eigenvalue weighted by Gasteiger charge is 2.24. The van der Waals surface area contributed by atoms with Gasteiger partial charge in [0.05, 0.1) is 0 Å². The molecule has 0 aliphatic rings. The van der Waals surface area contributed by atoms with Crippen molar-refractivity contribution in [1.29, 1.82) is 0 Å². The summed E-state index contributed by atoms with van der Waals surface area (Å²) in [6, 6.07) is 6.25. The van der Waals surface area contributed by atoms with Gasteiger partial charge in [-0.15, -0.1) is 0 Å². The minimum atomic E-state index is -0.711. The van der Waals surface area contributed by atoms with E-state index in [9.17, 15) is 14.0 Å². The average Bonchev–Trinajstić information content (AvgIpc) is 2.42. The molecule has 128 valence electrons. The molecule has 0 heterocycles. The van der Waals surface area contributed by atoms with Gasteiger partial charge in [0.2, 0.25) is 0 Å². The maximum Gasteiger partial charge on any atom is 0.308 e. The van der Waals surface area contributed by atoms with Gasteiger partial charge in [0.15, 0.2) is 0 Å². The minimum Gasteiger partial charge on any atom is -0.460 e. The fourth-order valence-corrected chi connectivity index (χ4v) is 2.84. The van der Waals surface area contributed by atoms with Crippen molar-refractivity contribution in [3.63, 3.8) is 0 Å². The lowest BCUT2D eigenvalue weighted by atomic mass is 9.91. The van der Waals surface area contributed by atoms with Gasteiger partial charge in [-0.2, -0.15) is 0 Å². The van der Waals surface area contributed by atoms with Crippen molar-refractivity contribution in [2.24, 2.45) is 0 Å². The summed E-state index contributed by atoms with van der Waals surface area (Å²) >= 11 is 0. The summed E-state index contributed by atoms with van der Waals surface area (Å²) in [6.45, 7) is 8.10. The van der Waals surface area contributed by atoms with Crippen molar-refractivity contribution >= 4 is 22.7 Å². The standard InChI is InChI=1S/C19H21FO4/c1-11-15(10-19(4,5)24-13(3)22)8-14-6-7-16(20)9-17(14)18(11)23-12(2)21/h6-9H,10H2,1-5H3. The Balaban J connectivity index is 2.59. The van der Waals surface area contributed by atoms with Gasteiger partial charge in [0.1, 0.15) is 17.2 Å². The molecule has 0 radical (unpaired) electrons. The first-order valence-corrected chi connectivity index (χ1v) is 7.69. The van der Waals surface area contributed by atoms with Crippen LogP contribution in [-0.4, -0.2) is 17.5 Å². The van der Waals surface area contributed by atoms with Crippen LogP contribution in [0, 0.1) is 12.7 Å². The highest BCUT2D eigenvalue weighted by molar-refractivity contribution is 5.92. The Morgan fingerprint density at radius 1 is 1.12 bits per heavy atom. The number of esters is 2. The number of fused-ring (bicyclic) bond motifs is 1. The van der Waals surface area contributed by atoms with E-state index < -0.39 is 17.4 Å². The van der Waals surface area contributed by atoms with Crippen LogP contribution >= 0.6 is 0 Å². The molecule has 2 aromatic carbocycles. The number of hydrogen-bond donors (Lipinski definition) is 0. The van der Waals surface area contributed by atoms with Crippen LogP contribution in [0.1, 0.15) is 38.8 Å². The zero-order chi connectivity index (χ0) is 18.1. The molecule has 5 heteroatoms. The second-order valence-electron chi connectivity index (χ2n) is 6.48. The molecule has 0 amide bonds. The molecule has 4 nitrogen and oxygen atoms in total. The van der Waals surface area contributed by atoms with Crippen LogP contribution in [0.5, 0.6) is 5.75 Å². The van der Waals surface area contributed by atoms with Gasteiger partial charge in [0, 0.05) is 25.7 Å². The number of hydrogen-bond acceptors (Lipinski definition) is 4. The first-order valence-electron chi connectivity index (χ1n) is 7.69. The summed E-state index contributed by atoms with van der Waals surface area (Å²) in [5.41, 5.74) is 0.887. The van der Waals surface area contributed by atoms with E-state index in [4.69, 9.17) is 9.47 Å². The monoisotopic (exact) mass is 332 g/mol. The molecular formula is C19H21FO4. The summed E-state index contributed by atoms with van der Waals surface area (Å²) in [5.74, 6) is -0.891. The molecule has 0 N–H and O–H groups in total. The van der Waals surface area contributed by atoms with Crippen molar-refractivity contribution in [3.05, 3.63) is 41.2 Å². The van der Waals surface area contributed by atoms with Crippen molar-refractivity contribution < 1.29 is 23.5 Å². The largest absolute Gasteiger partial charge is 0.460 e. The predicted molar refractivity (Wildman–Crippen MR) is 89.5 cm³/mol. The number of carbonyl (C=O) groups excluding carboxylic acids is 2. The summed E-state index contributed by atoms with van der Waals surface area (Å²) in [7, 11) is 0. The Hall–Kier alpha value is -2.43. The van der Waals surface area contributed by atoms with E-state index in [1.807, 2.05) is 26.8 Å². The molecule has 0 aromatic heterocycles. The summed E-state index contributed by atoms with van der Waals surface area (Å²) in [4.78, 5) is 22.7. The third-order valence-electron chi connectivity index (χ3n) is 3.69. The number of benzene rings is 2. The smallest absolute Gasteiger partial charge is 0.308 e. The number of carbonyl (C=O) groups is 2. The van der Waals surface area contributed by atoms with Crippen molar-refractivity contribution in [3.8, 4) is 5.75 Å². The molecule has 0 saturated heterocycles. The van der Waals surface area contributed by atoms with Gasteiger partial charge < -0.3 is 9.47 Å². The van der Waals surface area contributed by atoms with Crippen LogP contribution in [0.25, 0.3) is 10.8 Å². The zero-order valence-corrected chi connectivity index (χ0v) is 14.5. The summed E-state index contributed by atoms with van der Waals surface area (Å²) in [5, 5.41) is 1.30. The van der Waals surface area contributed by atoms with Crippen LogP contribution in [0.4, 0.5) is 4.39 Å². The molecule has 2 rings (SSSR count). The normalized spacial score (nSPS) is 11.4. The summed E-state index contributed by atoms with van der Waals surface area (Å²) in [6.07, 6.45) is 0.444. The van der Waals surface area contributed by atoms with E-state index >= 15 is 0 Å². The van der Waals surface area contributed by atoms with Crippen LogP contribution < -0.4 is 4.74 Å². The van der Waals surface area contributed by atoms with Crippen molar-refractivity contribution in [1.82, 2.24) is 0 Å². The lowest BCUT2D eigenvalue weighted by Crippen LogP contribution is -2.30. The van der Waals surface area contributed by atoms with E-state index in [-0.39, 0.29) is 5.97 Å². The molecule has 24 heavy (non-hydrogen) atoms. The van der Waals surface area contributed by atoms with Gasteiger partial charge in [-0.05, 0) is 49.4 Å². The highest BCUT2D eigenvalue weighted by atomic mass is 19.1. The molecule has 0 bridgehead atoms. The minimum absolute atomic E-state index is 0.341. The second-order valence-corrected chi connectivity index (χ2v) is 6.48. The lowest BCUT2D eigenvalue weighted by Gasteiger charge is -2.26. The van der Waals surface area contributed by atoms with Crippen molar-refractivity contribution in [2.45, 2.75) is 46.6 Å². The van der Waals surface area contributed by atoms with E-state index in [2.05, 4.69) is 0 Å². The molecule has 0 saturated carbocycles. The number of halogens is 1. The third kappa shape index (κ3) is 4.10. The Labute approximate surface area is 140 Å². The molecule has 0 fully saturated rings. The first-order chi connectivity index (χ1) is 11.1. The topological polar surface area (TPSA) is 52.6 Å². The summed E-state index contributed by atoms with van der Waals surface area (Å²) < 4.78 is 24.3. The lowest BCUT2D eigenvalue weighted by molar-refractivity contribution is -0.153. The Morgan fingerprint density at radius 3 is 2.38 bits per heavy atom. The Bertz CT molecular complexity index is 809. The second kappa shape index (κ2) is 6.59. The van der Waals surface area contributed by atoms with Gasteiger partial charge >= 0.3 is 11.9 Å². The van der Waals surface area contributed by atoms with Gasteiger partial charge in [-0.3, -0.25) is 9.59 Å². The van der Waals surface area contributed by atoms with Gasteiger partial charge in [0.25, 0.3) is 0 Å². The van der Waals surface area contributed by atoms with Gasteiger partial charge in [-0.25, -0.2) is 4.39 Å².